The Hall–Kier alpha value is -2.44. The standard InChI is InChI=1S/C19H21N3O3/c1-2-24-17-8-5-13(10-21-17)19(23)22-14-6-3-12(4-7-14)18-16-9-15(25-18)11-20-16/h3-8,10,15-16,18,20H,2,9,11H2,1H3,(H,22,23). The van der Waals surface area contributed by atoms with Crippen LogP contribution in [-0.4, -0.2) is 36.2 Å². The third-order valence-electron chi connectivity index (χ3n) is 4.62. The number of rotatable bonds is 5. The molecule has 2 saturated heterocycles. The first-order valence-electron chi connectivity index (χ1n) is 8.62. The fourth-order valence-corrected chi connectivity index (χ4v) is 3.39. The largest absolute Gasteiger partial charge is 0.478 e. The third kappa shape index (κ3) is 3.36. The molecule has 2 aliphatic rings. The number of nitrogens with zero attached hydrogens (tertiary/aromatic N) is 1. The maximum atomic E-state index is 12.3. The lowest BCUT2D eigenvalue weighted by Gasteiger charge is -2.23. The number of pyridine rings is 1. The highest BCUT2D eigenvalue weighted by Gasteiger charge is 2.41. The van der Waals surface area contributed by atoms with Gasteiger partial charge in [-0.2, -0.15) is 0 Å². The summed E-state index contributed by atoms with van der Waals surface area (Å²) in [7, 11) is 0. The van der Waals surface area contributed by atoms with Crippen molar-refractivity contribution in [3.63, 3.8) is 0 Å². The zero-order valence-corrected chi connectivity index (χ0v) is 14.1. The van der Waals surface area contributed by atoms with Gasteiger partial charge in [-0.15, -0.1) is 0 Å². The number of benzene rings is 1. The molecular formula is C19H21N3O3. The number of ether oxygens (including phenoxy) is 2. The molecule has 3 atom stereocenters. The highest BCUT2D eigenvalue weighted by atomic mass is 16.5. The van der Waals surface area contributed by atoms with Crippen molar-refractivity contribution < 1.29 is 14.3 Å². The van der Waals surface area contributed by atoms with Crippen LogP contribution in [-0.2, 0) is 4.74 Å². The van der Waals surface area contributed by atoms with Crippen LogP contribution >= 0.6 is 0 Å². The van der Waals surface area contributed by atoms with Crippen molar-refractivity contribution >= 4 is 11.6 Å². The van der Waals surface area contributed by atoms with Crippen molar-refractivity contribution in [2.45, 2.75) is 31.6 Å². The number of amides is 1. The van der Waals surface area contributed by atoms with E-state index in [4.69, 9.17) is 9.47 Å². The molecule has 6 heteroatoms. The normalized spacial score (nSPS) is 24.3. The molecule has 3 heterocycles. The highest BCUT2D eigenvalue weighted by Crippen LogP contribution is 2.37. The minimum absolute atomic E-state index is 0.110. The minimum Gasteiger partial charge on any atom is -0.478 e. The first-order valence-corrected chi connectivity index (χ1v) is 8.62. The van der Waals surface area contributed by atoms with Gasteiger partial charge >= 0.3 is 0 Å². The van der Waals surface area contributed by atoms with Crippen molar-refractivity contribution in [2.24, 2.45) is 0 Å². The Balaban J connectivity index is 1.39. The van der Waals surface area contributed by atoms with Gasteiger partial charge in [-0.05, 0) is 37.1 Å². The number of anilines is 1. The third-order valence-corrected chi connectivity index (χ3v) is 4.62. The van der Waals surface area contributed by atoms with Crippen molar-refractivity contribution in [2.75, 3.05) is 18.5 Å². The van der Waals surface area contributed by atoms with E-state index < -0.39 is 0 Å². The van der Waals surface area contributed by atoms with Crippen LogP contribution in [0, 0.1) is 0 Å². The molecule has 6 nitrogen and oxygen atoms in total. The number of hydrogen-bond acceptors (Lipinski definition) is 5. The second-order valence-electron chi connectivity index (χ2n) is 6.32. The first-order chi connectivity index (χ1) is 12.2. The van der Waals surface area contributed by atoms with Crippen molar-refractivity contribution in [1.82, 2.24) is 10.3 Å². The summed E-state index contributed by atoms with van der Waals surface area (Å²) >= 11 is 0. The van der Waals surface area contributed by atoms with E-state index in [0.29, 0.717) is 30.2 Å². The van der Waals surface area contributed by atoms with Crippen LogP contribution in [0.15, 0.2) is 42.6 Å². The molecule has 4 rings (SSSR count). The van der Waals surface area contributed by atoms with Crippen LogP contribution in [0.5, 0.6) is 5.88 Å². The summed E-state index contributed by atoms with van der Waals surface area (Å²) in [4.78, 5) is 16.4. The van der Waals surface area contributed by atoms with E-state index >= 15 is 0 Å². The number of hydrogen-bond donors (Lipinski definition) is 2. The first kappa shape index (κ1) is 16.1. The lowest BCUT2D eigenvalue weighted by molar-refractivity contribution is 0.0160. The summed E-state index contributed by atoms with van der Waals surface area (Å²) in [6, 6.07) is 11.6. The minimum atomic E-state index is -0.193. The number of aromatic nitrogens is 1. The number of morpholine rings is 1. The van der Waals surface area contributed by atoms with E-state index in [1.807, 2.05) is 31.2 Å². The Morgan fingerprint density at radius 2 is 2.16 bits per heavy atom. The lowest BCUT2D eigenvalue weighted by Crippen LogP contribution is -2.33. The van der Waals surface area contributed by atoms with E-state index in [1.54, 1.807) is 12.1 Å². The Labute approximate surface area is 146 Å². The lowest BCUT2D eigenvalue weighted by atomic mass is 10.0. The van der Waals surface area contributed by atoms with Gasteiger partial charge in [-0.1, -0.05) is 12.1 Å². The highest BCUT2D eigenvalue weighted by molar-refractivity contribution is 6.04. The quantitative estimate of drug-likeness (QED) is 0.876. The molecule has 2 fully saturated rings. The molecular weight excluding hydrogens is 318 g/mol. The van der Waals surface area contributed by atoms with Gasteiger partial charge in [0.1, 0.15) is 0 Å². The van der Waals surface area contributed by atoms with Gasteiger partial charge in [0.15, 0.2) is 0 Å². The van der Waals surface area contributed by atoms with Crippen LogP contribution in [0.25, 0.3) is 0 Å². The summed E-state index contributed by atoms with van der Waals surface area (Å²) in [6.45, 7) is 3.39. The maximum absolute atomic E-state index is 12.3. The van der Waals surface area contributed by atoms with Gasteiger partial charge in [-0.25, -0.2) is 4.98 Å². The number of nitrogens with one attached hydrogen (secondary N) is 2. The van der Waals surface area contributed by atoms with Gasteiger partial charge in [0.25, 0.3) is 5.91 Å². The van der Waals surface area contributed by atoms with Crippen LogP contribution in [0.1, 0.15) is 35.4 Å². The van der Waals surface area contributed by atoms with E-state index in [1.165, 1.54) is 6.20 Å². The average molecular weight is 339 g/mol. The SMILES string of the molecule is CCOc1ccc(C(=O)Nc2ccc(C3OC4CNC3C4)cc2)cn1. The number of carbonyl (C=O) groups excluding carboxylic acids is 1. The fourth-order valence-electron chi connectivity index (χ4n) is 3.39. The predicted molar refractivity (Wildman–Crippen MR) is 93.8 cm³/mol. The summed E-state index contributed by atoms with van der Waals surface area (Å²) < 4.78 is 11.3. The average Bonchev–Trinajstić information content (AvgIpc) is 3.27. The molecule has 0 aliphatic carbocycles. The molecule has 3 unspecified atom stereocenters. The zero-order valence-electron chi connectivity index (χ0n) is 14.1. The Morgan fingerprint density at radius 1 is 1.32 bits per heavy atom. The summed E-state index contributed by atoms with van der Waals surface area (Å²) in [5.74, 6) is 0.323. The molecule has 1 aromatic carbocycles. The fraction of sp³-hybridized carbons (Fsp3) is 0.368. The van der Waals surface area contributed by atoms with Crippen LogP contribution < -0.4 is 15.4 Å². The Bertz CT molecular complexity index is 746. The summed E-state index contributed by atoms with van der Waals surface area (Å²) in [5.41, 5.74) is 2.38. The molecule has 2 bridgehead atoms. The molecule has 1 amide bonds. The number of fused-ring (bicyclic) bond motifs is 2. The van der Waals surface area contributed by atoms with E-state index in [2.05, 4.69) is 15.6 Å². The molecule has 0 spiro atoms. The second kappa shape index (κ2) is 6.82. The molecule has 130 valence electrons. The van der Waals surface area contributed by atoms with Gasteiger partial charge in [-0.3, -0.25) is 4.79 Å². The second-order valence-corrected chi connectivity index (χ2v) is 6.32. The van der Waals surface area contributed by atoms with Crippen LogP contribution in [0.3, 0.4) is 0 Å². The van der Waals surface area contributed by atoms with Crippen molar-refractivity contribution in [3.05, 3.63) is 53.7 Å². The molecule has 2 aliphatic heterocycles. The van der Waals surface area contributed by atoms with E-state index in [9.17, 15) is 4.79 Å². The molecule has 25 heavy (non-hydrogen) atoms. The van der Waals surface area contributed by atoms with Gasteiger partial charge < -0.3 is 20.1 Å². The Morgan fingerprint density at radius 3 is 2.76 bits per heavy atom. The van der Waals surface area contributed by atoms with Crippen molar-refractivity contribution in [1.29, 1.82) is 0 Å². The smallest absolute Gasteiger partial charge is 0.257 e. The van der Waals surface area contributed by atoms with E-state index in [0.717, 1.165) is 24.2 Å². The van der Waals surface area contributed by atoms with Crippen LogP contribution in [0.4, 0.5) is 5.69 Å². The summed E-state index contributed by atoms with van der Waals surface area (Å²) in [6.07, 6.45) is 3.04. The molecule has 0 radical (unpaired) electrons. The van der Waals surface area contributed by atoms with Gasteiger partial charge in [0.2, 0.25) is 5.88 Å². The van der Waals surface area contributed by atoms with Gasteiger partial charge in [0, 0.05) is 30.5 Å². The predicted octanol–water partition coefficient (Wildman–Crippen LogP) is 2.53. The van der Waals surface area contributed by atoms with Crippen LogP contribution in [0.2, 0.25) is 0 Å². The topological polar surface area (TPSA) is 72.5 Å². The maximum Gasteiger partial charge on any atom is 0.257 e. The van der Waals surface area contributed by atoms with Crippen molar-refractivity contribution in [3.8, 4) is 5.88 Å². The van der Waals surface area contributed by atoms with Gasteiger partial charge in [0.05, 0.1) is 24.4 Å². The zero-order chi connectivity index (χ0) is 17.2. The van der Waals surface area contributed by atoms with E-state index in [-0.39, 0.29) is 12.0 Å². The monoisotopic (exact) mass is 339 g/mol. The molecule has 0 saturated carbocycles. The molecule has 1 aromatic heterocycles. The molecule has 2 N–H and O–H groups in total. The summed E-state index contributed by atoms with van der Waals surface area (Å²) in [5, 5.41) is 6.36. The Kier molecular flexibility index (Phi) is 4.38. The number of carbonyl (C=O) groups is 1. The molecule has 2 aromatic rings.